The molecule has 0 spiro atoms. The Morgan fingerprint density at radius 2 is 2.11 bits per heavy atom. The van der Waals surface area contributed by atoms with Crippen molar-refractivity contribution in [3.63, 3.8) is 0 Å². The van der Waals surface area contributed by atoms with Crippen LogP contribution in [0.2, 0.25) is 0 Å². The number of rotatable bonds is 5. The van der Waals surface area contributed by atoms with Crippen molar-refractivity contribution in [1.29, 1.82) is 0 Å². The predicted molar refractivity (Wildman–Crippen MR) is 80.6 cm³/mol. The molecule has 1 aliphatic rings. The van der Waals surface area contributed by atoms with Gasteiger partial charge in [0.05, 0.1) is 0 Å². The van der Waals surface area contributed by atoms with Gasteiger partial charge in [0.2, 0.25) is 0 Å². The van der Waals surface area contributed by atoms with Crippen LogP contribution in [0, 0.1) is 11.7 Å². The number of nitrogens with zero attached hydrogens (tertiary/aromatic N) is 1. The molecule has 19 heavy (non-hydrogen) atoms. The SMILES string of the molecule is CN(Cc1cc(F)ccc1C(N)=S)CC1CCCC1. The van der Waals surface area contributed by atoms with Gasteiger partial charge in [-0.1, -0.05) is 25.1 Å². The van der Waals surface area contributed by atoms with Crippen LogP contribution >= 0.6 is 12.2 Å². The minimum atomic E-state index is -0.232. The molecule has 1 aromatic carbocycles. The van der Waals surface area contributed by atoms with E-state index in [0.717, 1.165) is 23.6 Å². The van der Waals surface area contributed by atoms with E-state index < -0.39 is 0 Å². The maximum Gasteiger partial charge on any atom is 0.123 e. The first kappa shape index (κ1) is 14.4. The van der Waals surface area contributed by atoms with E-state index in [4.69, 9.17) is 18.0 Å². The summed E-state index contributed by atoms with van der Waals surface area (Å²) in [6.07, 6.45) is 5.32. The van der Waals surface area contributed by atoms with Crippen molar-refractivity contribution in [1.82, 2.24) is 4.90 Å². The molecule has 0 saturated heterocycles. The average Bonchev–Trinajstić information content (AvgIpc) is 2.81. The van der Waals surface area contributed by atoms with E-state index in [1.807, 2.05) is 0 Å². The summed E-state index contributed by atoms with van der Waals surface area (Å²) in [6.45, 7) is 1.76. The second kappa shape index (κ2) is 6.44. The topological polar surface area (TPSA) is 29.3 Å². The van der Waals surface area contributed by atoms with Crippen LogP contribution in [0.4, 0.5) is 4.39 Å². The molecule has 0 atom stereocenters. The van der Waals surface area contributed by atoms with Crippen molar-refractivity contribution in [3.8, 4) is 0 Å². The molecule has 1 saturated carbocycles. The van der Waals surface area contributed by atoms with Gasteiger partial charge < -0.3 is 10.6 Å². The van der Waals surface area contributed by atoms with E-state index in [2.05, 4.69) is 11.9 Å². The van der Waals surface area contributed by atoms with Gasteiger partial charge in [-0.15, -0.1) is 0 Å². The van der Waals surface area contributed by atoms with Gasteiger partial charge in [0.15, 0.2) is 0 Å². The summed E-state index contributed by atoms with van der Waals surface area (Å²) >= 11 is 5.03. The van der Waals surface area contributed by atoms with Crippen LogP contribution in [0.1, 0.15) is 36.8 Å². The molecule has 0 heterocycles. The lowest BCUT2D eigenvalue weighted by Gasteiger charge is -2.22. The van der Waals surface area contributed by atoms with Crippen LogP contribution in [0.5, 0.6) is 0 Å². The van der Waals surface area contributed by atoms with Crippen LogP contribution < -0.4 is 5.73 Å². The van der Waals surface area contributed by atoms with E-state index in [0.29, 0.717) is 11.5 Å². The Hall–Kier alpha value is -1.00. The van der Waals surface area contributed by atoms with Gasteiger partial charge in [-0.3, -0.25) is 0 Å². The number of nitrogens with two attached hydrogens (primary N) is 1. The number of hydrogen-bond acceptors (Lipinski definition) is 2. The first-order valence-electron chi connectivity index (χ1n) is 6.83. The summed E-state index contributed by atoms with van der Waals surface area (Å²) in [4.78, 5) is 2.58. The summed E-state index contributed by atoms with van der Waals surface area (Å²) < 4.78 is 13.4. The van der Waals surface area contributed by atoms with Gasteiger partial charge in [0.25, 0.3) is 0 Å². The monoisotopic (exact) mass is 280 g/mol. The predicted octanol–water partition coefficient (Wildman–Crippen LogP) is 3.08. The first-order chi connectivity index (χ1) is 9.06. The third-order valence-electron chi connectivity index (χ3n) is 3.82. The lowest BCUT2D eigenvalue weighted by Crippen LogP contribution is -2.25. The van der Waals surface area contributed by atoms with E-state index in [9.17, 15) is 4.39 Å². The van der Waals surface area contributed by atoms with Crippen molar-refractivity contribution >= 4 is 17.2 Å². The van der Waals surface area contributed by atoms with E-state index in [-0.39, 0.29) is 5.82 Å². The molecule has 104 valence electrons. The lowest BCUT2D eigenvalue weighted by molar-refractivity contribution is 0.271. The second-order valence-corrected chi connectivity index (χ2v) is 5.95. The number of benzene rings is 1. The number of hydrogen-bond donors (Lipinski definition) is 1. The summed E-state index contributed by atoms with van der Waals surface area (Å²) in [5.74, 6) is 0.552. The Morgan fingerprint density at radius 3 is 2.74 bits per heavy atom. The zero-order chi connectivity index (χ0) is 13.8. The molecule has 0 aromatic heterocycles. The summed E-state index contributed by atoms with van der Waals surface area (Å²) in [5.41, 5.74) is 7.36. The second-order valence-electron chi connectivity index (χ2n) is 5.51. The van der Waals surface area contributed by atoms with Gasteiger partial charge in [-0.2, -0.15) is 0 Å². The standard InChI is InChI=1S/C15H21FN2S/c1-18(9-11-4-2-3-5-11)10-12-8-13(16)6-7-14(12)15(17)19/h6-8,11H,2-5,9-10H2,1H3,(H2,17,19). The van der Waals surface area contributed by atoms with Crippen molar-refractivity contribution in [3.05, 3.63) is 35.1 Å². The Balaban J connectivity index is 2.04. The van der Waals surface area contributed by atoms with Gasteiger partial charge >= 0.3 is 0 Å². The fourth-order valence-electron chi connectivity index (χ4n) is 2.92. The quantitative estimate of drug-likeness (QED) is 0.841. The first-order valence-corrected chi connectivity index (χ1v) is 7.24. The summed E-state index contributed by atoms with van der Waals surface area (Å²) in [7, 11) is 2.08. The highest BCUT2D eigenvalue weighted by Crippen LogP contribution is 2.25. The van der Waals surface area contributed by atoms with E-state index in [1.54, 1.807) is 12.1 Å². The Morgan fingerprint density at radius 1 is 1.42 bits per heavy atom. The van der Waals surface area contributed by atoms with Gasteiger partial charge in [-0.25, -0.2) is 4.39 Å². The van der Waals surface area contributed by atoms with Gasteiger partial charge in [-0.05, 0) is 49.6 Å². The Labute approximate surface area is 119 Å². The van der Waals surface area contributed by atoms with E-state index in [1.165, 1.54) is 31.7 Å². The summed E-state index contributed by atoms with van der Waals surface area (Å²) in [5, 5.41) is 0. The zero-order valence-electron chi connectivity index (χ0n) is 11.4. The molecular weight excluding hydrogens is 259 g/mol. The smallest absolute Gasteiger partial charge is 0.123 e. The minimum absolute atomic E-state index is 0.232. The molecule has 1 aromatic rings. The molecule has 4 heteroatoms. The van der Waals surface area contributed by atoms with E-state index >= 15 is 0 Å². The van der Waals surface area contributed by atoms with Crippen molar-refractivity contribution in [2.75, 3.05) is 13.6 Å². The van der Waals surface area contributed by atoms with Crippen LogP contribution in [0.15, 0.2) is 18.2 Å². The van der Waals surface area contributed by atoms with Crippen molar-refractivity contribution < 1.29 is 4.39 Å². The highest BCUT2D eigenvalue weighted by atomic mass is 32.1. The third-order valence-corrected chi connectivity index (χ3v) is 4.04. The highest BCUT2D eigenvalue weighted by Gasteiger charge is 2.17. The molecule has 0 amide bonds. The highest BCUT2D eigenvalue weighted by molar-refractivity contribution is 7.80. The molecule has 1 fully saturated rings. The molecule has 2 N–H and O–H groups in total. The fourth-order valence-corrected chi connectivity index (χ4v) is 3.12. The maximum absolute atomic E-state index is 13.4. The molecule has 0 unspecified atom stereocenters. The minimum Gasteiger partial charge on any atom is -0.389 e. The van der Waals surface area contributed by atoms with Gasteiger partial charge in [0.1, 0.15) is 10.8 Å². The molecule has 1 aliphatic carbocycles. The average molecular weight is 280 g/mol. The molecule has 0 bridgehead atoms. The van der Waals surface area contributed by atoms with Crippen LogP contribution in [-0.4, -0.2) is 23.5 Å². The number of thiocarbonyl (C=S) groups is 1. The van der Waals surface area contributed by atoms with Gasteiger partial charge in [0, 0.05) is 18.7 Å². The molecular formula is C15H21FN2S. The van der Waals surface area contributed by atoms with Crippen LogP contribution in [0.3, 0.4) is 0 Å². The Kier molecular flexibility index (Phi) is 4.88. The zero-order valence-corrected chi connectivity index (χ0v) is 12.2. The molecule has 0 radical (unpaired) electrons. The molecule has 2 rings (SSSR count). The maximum atomic E-state index is 13.4. The van der Waals surface area contributed by atoms with Crippen molar-refractivity contribution in [2.24, 2.45) is 11.7 Å². The largest absolute Gasteiger partial charge is 0.389 e. The fraction of sp³-hybridized carbons (Fsp3) is 0.533. The Bertz CT molecular complexity index is 455. The molecule has 0 aliphatic heterocycles. The number of halogens is 1. The normalized spacial score (nSPS) is 16.2. The van der Waals surface area contributed by atoms with Crippen molar-refractivity contribution in [2.45, 2.75) is 32.2 Å². The molecule has 2 nitrogen and oxygen atoms in total. The lowest BCUT2D eigenvalue weighted by atomic mass is 10.0. The summed E-state index contributed by atoms with van der Waals surface area (Å²) in [6, 6.07) is 4.63. The van der Waals surface area contributed by atoms with Crippen LogP contribution in [0.25, 0.3) is 0 Å². The third kappa shape index (κ3) is 3.98. The van der Waals surface area contributed by atoms with Crippen LogP contribution in [-0.2, 0) is 6.54 Å².